The van der Waals surface area contributed by atoms with E-state index in [0.29, 0.717) is 18.3 Å². The summed E-state index contributed by atoms with van der Waals surface area (Å²) in [5.41, 5.74) is 0. The Labute approximate surface area is 114 Å². The summed E-state index contributed by atoms with van der Waals surface area (Å²) >= 11 is 0. The second kappa shape index (κ2) is 3.12. The van der Waals surface area contributed by atoms with Crippen molar-refractivity contribution >= 4 is 0 Å². The normalized spacial score (nSPS) is 70.1. The van der Waals surface area contributed by atoms with E-state index in [9.17, 15) is 0 Å². The lowest BCUT2D eigenvalue weighted by Crippen LogP contribution is -2.47. The highest BCUT2D eigenvalue weighted by Gasteiger charge is 2.72. The van der Waals surface area contributed by atoms with Crippen LogP contribution in [0, 0.1) is 47.3 Å². The number of rotatable bonds is 1. The molecule has 0 N–H and O–H groups in total. The molecule has 5 fully saturated rings. The van der Waals surface area contributed by atoms with Gasteiger partial charge in [0.2, 0.25) is 0 Å². The first kappa shape index (κ1) is 10.4. The molecule has 102 valence electrons. The predicted molar refractivity (Wildman–Crippen MR) is 70.4 cm³/mol. The maximum atomic E-state index is 6.57. The van der Waals surface area contributed by atoms with Crippen molar-refractivity contribution in [2.75, 3.05) is 7.11 Å². The molecular formula is C17H22O2. The maximum absolute atomic E-state index is 6.57. The van der Waals surface area contributed by atoms with E-state index in [4.69, 9.17) is 9.47 Å². The van der Waals surface area contributed by atoms with E-state index in [0.717, 1.165) is 47.3 Å². The van der Waals surface area contributed by atoms with Crippen LogP contribution in [0.2, 0.25) is 0 Å². The van der Waals surface area contributed by atoms with Gasteiger partial charge in [0, 0.05) is 7.11 Å². The molecule has 11 atom stereocenters. The predicted octanol–water partition coefficient (Wildman–Crippen LogP) is 2.49. The van der Waals surface area contributed by atoms with Crippen LogP contribution in [-0.4, -0.2) is 25.4 Å². The minimum atomic E-state index is 0.543. The molecule has 2 heteroatoms. The number of fused-ring (bicyclic) bond motifs is 16. The Balaban J connectivity index is 1.42. The topological polar surface area (TPSA) is 18.5 Å². The van der Waals surface area contributed by atoms with Gasteiger partial charge in [0.25, 0.3) is 0 Å². The minimum Gasteiger partial charge on any atom is -0.381 e. The molecule has 19 heavy (non-hydrogen) atoms. The van der Waals surface area contributed by atoms with Gasteiger partial charge < -0.3 is 9.47 Å². The molecule has 2 saturated heterocycles. The van der Waals surface area contributed by atoms with Crippen LogP contribution in [0.25, 0.3) is 0 Å². The van der Waals surface area contributed by atoms with E-state index in [1.165, 1.54) is 19.3 Å². The lowest BCUT2D eigenvalue weighted by atomic mass is 9.60. The van der Waals surface area contributed by atoms with Crippen molar-refractivity contribution in [1.82, 2.24) is 0 Å². The molecule has 2 aliphatic heterocycles. The molecule has 0 amide bonds. The first-order valence-corrected chi connectivity index (χ1v) is 8.23. The zero-order valence-electron chi connectivity index (χ0n) is 11.4. The molecular weight excluding hydrogens is 236 g/mol. The van der Waals surface area contributed by atoms with Gasteiger partial charge in [-0.05, 0) is 66.6 Å². The average molecular weight is 258 g/mol. The fourth-order valence-electron chi connectivity index (χ4n) is 7.49. The third kappa shape index (κ3) is 0.975. The summed E-state index contributed by atoms with van der Waals surface area (Å²) in [4.78, 5) is 0. The van der Waals surface area contributed by atoms with Crippen molar-refractivity contribution < 1.29 is 9.47 Å². The third-order valence-electron chi connectivity index (χ3n) is 7.79. The summed E-state index contributed by atoms with van der Waals surface area (Å²) in [6, 6.07) is 0. The number of hydrogen-bond acceptors (Lipinski definition) is 2. The summed E-state index contributed by atoms with van der Waals surface area (Å²) in [6.07, 6.45) is 11.0. The van der Waals surface area contributed by atoms with E-state index < -0.39 is 0 Å². The van der Waals surface area contributed by atoms with Crippen molar-refractivity contribution in [2.45, 2.75) is 37.6 Å². The Morgan fingerprint density at radius 3 is 2.37 bits per heavy atom. The molecule has 0 aromatic rings. The van der Waals surface area contributed by atoms with Crippen LogP contribution in [0.5, 0.6) is 0 Å². The fourth-order valence-corrected chi connectivity index (χ4v) is 7.49. The number of methoxy groups -OCH3 is 1. The van der Waals surface area contributed by atoms with Gasteiger partial charge in [-0.15, -0.1) is 0 Å². The van der Waals surface area contributed by atoms with Gasteiger partial charge in [0.15, 0.2) is 0 Å². The second-order valence-electron chi connectivity index (χ2n) is 7.99. The highest BCUT2D eigenvalue weighted by atomic mass is 16.5. The molecule has 4 aliphatic carbocycles. The van der Waals surface area contributed by atoms with Crippen molar-refractivity contribution in [3.8, 4) is 0 Å². The van der Waals surface area contributed by atoms with Crippen molar-refractivity contribution in [1.29, 1.82) is 0 Å². The number of allylic oxidation sites excluding steroid dienone is 2. The molecule has 11 unspecified atom stereocenters. The van der Waals surface area contributed by atoms with E-state index in [1.54, 1.807) is 0 Å². The molecule has 3 saturated carbocycles. The fraction of sp³-hybridized carbons (Fsp3) is 0.882. The summed E-state index contributed by atoms with van der Waals surface area (Å²) in [6.45, 7) is 0. The van der Waals surface area contributed by atoms with E-state index in [2.05, 4.69) is 12.2 Å². The SMILES string of the molecule is COC1CC2CC1C1C3OC(C4C5C=CC(C5)C34)C21. The molecule has 6 bridgehead atoms. The van der Waals surface area contributed by atoms with Crippen LogP contribution in [0.3, 0.4) is 0 Å². The molecule has 0 spiro atoms. The third-order valence-corrected chi connectivity index (χ3v) is 7.79. The first-order chi connectivity index (χ1) is 9.36. The summed E-state index contributed by atoms with van der Waals surface area (Å²) in [5, 5.41) is 0. The smallest absolute Gasteiger partial charge is 0.0652 e. The Morgan fingerprint density at radius 2 is 1.63 bits per heavy atom. The Morgan fingerprint density at radius 1 is 0.895 bits per heavy atom. The van der Waals surface area contributed by atoms with Crippen LogP contribution in [0.4, 0.5) is 0 Å². The quantitative estimate of drug-likeness (QED) is 0.673. The van der Waals surface area contributed by atoms with Crippen LogP contribution >= 0.6 is 0 Å². The molecule has 0 radical (unpaired) electrons. The van der Waals surface area contributed by atoms with Crippen LogP contribution < -0.4 is 0 Å². The first-order valence-electron chi connectivity index (χ1n) is 8.23. The van der Waals surface area contributed by atoms with Crippen molar-refractivity contribution in [2.24, 2.45) is 47.3 Å². The van der Waals surface area contributed by atoms with Gasteiger partial charge in [0.05, 0.1) is 18.3 Å². The van der Waals surface area contributed by atoms with Gasteiger partial charge in [-0.1, -0.05) is 12.2 Å². The van der Waals surface area contributed by atoms with Gasteiger partial charge in [0.1, 0.15) is 0 Å². The van der Waals surface area contributed by atoms with Crippen molar-refractivity contribution in [3.05, 3.63) is 12.2 Å². The lowest BCUT2D eigenvalue weighted by Gasteiger charge is -2.42. The summed E-state index contributed by atoms with van der Waals surface area (Å²) in [7, 11) is 1.91. The molecule has 2 heterocycles. The van der Waals surface area contributed by atoms with Crippen LogP contribution in [0.15, 0.2) is 12.2 Å². The summed E-state index contributed by atoms with van der Waals surface area (Å²) in [5.74, 6) is 6.96. The monoisotopic (exact) mass is 258 g/mol. The highest BCUT2D eigenvalue weighted by Crippen LogP contribution is 2.70. The molecule has 0 aromatic heterocycles. The van der Waals surface area contributed by atoms with Crippen LogP contribution in [-0.2, 0) is 9.47 Å². The van der Waals surface area contributed by atoms with Gasteiger partial charge in [-0.2, -0.15) is 0 Å². The van der Waals surface area contributed by atoms with E-state index >= 15 is 0 Å². The minimum absolute atomic E-state index is 0.543. The second-order valence-corrected chi connectivity index (χ2v) is 7.99. The Kier molecular flexibility index (Phi) is 1.71. The van der Waals surface area contributed by atoms with E-state index in [1.807, 2.05) is 7.11 Å². The van der Waals surface area contributed by atoms with E-state index in [-0.39, 0.29) is 0 Å². The standard InChI is InChI=1S/C17H22O2/c1-18-11-6-9-5-10(11)15-14(9)16-12-7-2-3-8(4-7)13(12)17(15)19-16/h2-3,7-17H,4-6H2,1H3. The Hall–Kier alpha value is -0.340. The zero-order valence-corrected chi connectivity index (χ0v) is 11.4. The highest BCUT2D eigenvalue weighted by molar-refractivity contribution is 5.25. The summed E-state index contributed by atoms with van der Waals surface area (Å²) < 4.78 is 12.3. The van der Waals surface area contributed by atoms with Gasteiger partial charge in [-0.25, -0.2) is 0 Å². The molecule has 0 aromatic carbocycles. The number of ether oxygens (including phenoxy) is 2. The molecule has 6 aliphatic rings. The maximum Gasteiger partial charge on any atom is 0.0652 e. The van der Waals surface area contributed by atoms with Crippen molar-refractivity contribution in [3.63, 3.8) is 0 Å². The Bertz CT molecular complexity index is 472. The van der Waals surface area contributed by atoms with Crippen LogP contribution in [0.1, 0.15) is 19.3 Å². The average Bonchev–Trinajstić information content (AvgIpc) is 3.20. The largest absolute Gasteiger partial charge is 0.381 e. The van der Waals surface area contributed by atoms with Gasteiger partial charge in [-0.3, -0.25) is 0 Å². The zero-order chi connectivity index (χ0) is 12.3. The molecule has 6 rings (SSSR count). The lowest BCUT2D eigenvalue weighted by molar-refractivity contribution is -0.00943. The molecule has 2 nitrogen and oxygen atoms in total. The van der Waals surface area contributed by atoms with Gasteiger partial charge >= 0.3 is 0 Å². The number of hydrogen-bond donors (Lipinski definition) is 0.